The number of carbonyl (C=O) groups excluding carboxylic acids is 2. The molecule has 0 saturated carbocycles. The lowest BCUT2D eigenvalue weighted by Crippen LogP contribution is -2.49. The van der Waals surface area contributed by atoms with Gasteiger partial charge in [0.15, 0.2) is 0 Å². The molecule has 0 aliphatic carbocycles. The predicted octanol–water partition coefficient (Wildman–Crippen LogP) is 2.22. The van der Waals surface area contributed by atoms with Gasteiger partial charge in [-0.05, 0) is 36.8 Å². The Kier molecular flexibility index (Phi) is 8.03. The molecule has 1 aliphatic rings. The summed E-state index contributed by atoms with van der Waals surface area (Å²) in [6.07, 6.45) is 0. The molecule has 31 heavy (non-hydrogen) atoms. The number of benzene rings is 2. The SMILES string of the molecule is COc1ccc(CN2CCN(CC(=O)N(C)CC(=O)Nc3ccc(C)cc3)CC2)cc1. The van der Waals surface area contributed by atoms with Crippen LogP contribution >= 0.6 is 0 Å². The minimum absolute atomic E-state index is 0.0392. The monoisotopic (exact) mass is 424 g/mol. The Morgan fingerprint density at radius 2 is 1.58 bits per heavy atom. The Hall–Kier alpha value is -2.90. The molecule has 1 fully saturated rings. The zero-order valence-corrected chi connectivity index (χ0v) is 18.6. The molecular weight excluding hydrogens is 392 g/mol. The maximum absolute atomic E-state index is 12.6. The lowest BCUT2D eigenvalue weighted by atomic mass is 10.2. The Morgan fingerprint density at radius 1 is 0.968 bits per heavy atom. The summed E-state index contributed by atoms with van der Waals surface area (Å²) in [5.74, 6) is 0.635. The van der Waals surface area contributed by atoms with E-state index < -0.39 is 0 Å². The zero-order valence-electron chi connectivity index (χ0n) is 18.6. The van der Waals surface area contributed by atoms with Crippen molar-refractivity contribution in [1.29, 1.82) is 0 Å². The topological polar surface area (TPSA) is 65.1 Å². The zero-order chi connectivity index (χ0) is 22.2. The molecular formula is C24H32N4O3. The third kappa shape index (κ3) is 7.08. The number of aryl methyl sites for hydroxylation is 1. The van der Waals surface area contributed by atoms with E-state index in [-0.39, 0.29) is 18.4 Å². The molecule has 1 saturated heterocycles. The number of anilines is 1. The average molecular weight is 425 g/mol. The van der Waals surface area contributed by atoms with E-state index in [4.69, 9.17) is 4.74 Å². The van der Waals surface area contributed by atoms with Crippen molar-refractivity contribution in [3.8, 4) is 5.75 Å². The van der Waals surface area contributed by atoms with E-state index in [1.165, 1.54) is 10.5 Å². The standard InChI is InChI=1S/C24H32N4O3/c1-19-4-8-21(9-5-19)25-23(29)17-26(2)24(30)18-28-14-12-27(13-15-28)16-20-6-10-22(31-3)11-7-20/h4-11H,12-18H2,1-3H3,(H,25,29). The van der Waals surface area contributed by atoms with Gasteiger partial charge in [-0.3, -0.25) is 19.4 Å². The van der Waals surface area contributed by atoms with Gasteiger partial charge in [0.2, 0.25) is 11.8 Å². The first-order chi connectivity index (χ1) is 14.9. The summed E-state index contributed by atoms with van der Waals surface area (Å²) in [7, 11) is 3.35. The largest absolute Gasteiger partial charge is 0.497 e. The number of amides is 2. The molecule has 1 aliphatic heterocycles. The molecule has 2 aromatic carbocycles. The minimum Gasteiger partial charge on any atom is -0.497 e. The molecule has 0 aromatic heterocycles. The van der Waals surface area contributed by atoms with Crippen molar-refractivity contribution in [2.24, 2.45) is 0 Å². The second-order valence-corrected chi connectivity index (χ2v) is 8.06. The third-order valence-corrected chi connectivity index (χ3v) is 5.53. The summed E-state index contributed by atoms with van der Waals surface area (Å²) in [6.45, 7) is 6.78. The van der Waals surface area contributed by atoms with E-state index in [1.54, 1.807) is 14.2 Å². The normalized spacial score (nSPS) is 14.8. The van der Waals surface area contributed by atoms with Crippen LogP contribution in [0.15, 0.2) is 48.5 Å². The van der Waals surface area contributed by atoms with Crippen molar-refractivity contribution >= 4 is 17.5 Å². The quantitative estimate of drug-likeness (QED) is 0.704. The molecule has 7 heteroatoms. The van der Waals surface area contributed by atoms with Crippen LogP contribution < -0.4 is 10.1 Å². The molecule has 2 amide bonds. The smallest absolute Gasteiger partial charge is 0.243 e. The van der Waals surface area contributed by atoms with E-state index in [0.717, 1.165) is 49.7 Å². The molecule has 0 bridgehead atoms. The van der Waals surface area contributed by atoms with Gasteiger partial charge in [0, 0.05) is 45.5 Å². The summed E-state index contributed by atoms with van der Waals surface area (Å²) >= 11 is 0. The summed E-state index contributed by atoms with van der Waals surface area (Å²) in [4.78, 5) is 30.8. The number of hydrogen-bond donors (Lipinski definition) is 1. The van der Waals surface area contributed by atoms with Gasteiger partial charge in [-0.15, -0.1) is 0 Å². The van der Waals surface area contributed by atoms with Gasteiger partial charge in [0.05, 0.1) is 20.2 Å². The molecule has 0 radical (unpaired) electrons. The number of piperazine rings is 1. The van der Waals surface area contributed by atoms with Crippen molar-refractivity contribution in [1.82, 2.24) is 14.7 Å². The lowest BCUT2D eigenvalue weighted by molar-refractivity contribution is -0.134. The number of rotatable bonds is 8. The van der Waals surface area contributed by atoms with Gasteiger partial charge >= 0.3 is 0 Å². The van der Waals surface area contributed by atoms with Crippen molar-refractivity contribution in [3.05, 3.63) is 59.7 Å². The summed E-state index contributed by atoms with van der Waals surface area (Å²) < 4.78 is 5.21. The first kappa shape index (κ1) is 22.8. The Balaban J connectivity index is 1.38. The van der Waals surface area contributed by atoms with Gasteiger partial charge in [0.1, 0.15) is 5.75 Å². The van der Waals surface area contributed by atoms with Gasteiger partial charge < -0.3 is 15.0 Å². The fourth-order valence-electron chi connectivity index (χ4n) is 3.55. The van der Waals surface area contributed by atoms with Crippen LogP contribution in [0.3, 0.4) is 0 Å². The van der Waals surface area contributed by atoms with Crippen LogP contribution in [0.5, 0.6) is 5.75 Å². The molecule has 0 unspecified atom stereocenters. The molecule has 7 nitrogen and oxygen atoms in total. The van der Waals surface area contributed by atoms with Crippen molar-refractivity contribution in [3.63, 3.8) is 0 Å². The van der Waals surface area contributed by atoms with Gasteiger partial charge in [-0.1, -0.05) is 29.8 Å². The van der Waals surface area contributed by atoms with Crippen molar-refractivity contribution < 1.29 is 14.3 Å². The highest BCUT2D eigenvalue weighted by atomic mass is 16.5. The molecule has 2 aromatic rings. The minimum atomic E-state index is -0.191. The molecule has 0 spiro atoms. The van der Waals surface area contributed by atoms with Crippen LogP contribution in [0.2, 0.25) is 0 Å². The molecule has 3 rings (SSSR count). The summed E-state index contributed by atoms with van der Waals surface area (Å²) in [5, 5.41) is 2.83. The Labute approximate surface area is 184 Å². The van der Waals surface area contributed by atoms with Crippen LogP contribution in [0.25, 0.3) is 0 Å². The first-order valence-corrected chi connectivity index (χ1v) is 10.6. The number of ether oxygens (including phenoxy) is 1. The number of hydrogen-bond acceptors (Lipinski definition) is 5. The highest BCUT2D eigenvalue weighted by Gasteiger charge is 2.21. The first-order valence-electron chi connectivity index (χ1n) is 10.6. The molecule has 1 heterocycles. The second kappa shape index (κ2) is 10.9. The van der Waals surface area contributed by atoms with Crippen molar-refractivity contribution in [2.45, 2.75) is 13.5 Å². The van der Waals surface area contributed by atoms with E-state index >= 15 is 0 Å². The van der Waals surface area contributed by atoms with Gasteiger partial charge in [-0.25, -0.2) is 0 Å². The Morgan fingerprint density at radius 3 is 2.19 bits per heavy atom. The maximum Gasteiger partial charge on any atom is 0.243 e. The maximum atomic E-state index is 12.6. The fourth-order valence-corrected chi connectivity index (χ4v) is 3.55. The fraction of sp³-hybridized carbons (Fsp3) is 0.417. The molecule has 166 valence electrons. The van der Waals surface area contributed by atoms with Gasteiger partial charge in [0.25, 0.3) is 0 Å². The van der Waals surface area contributed by atoms with Crippen LogP contribution in [-0.4, -0.2) is 79.9 Å². The van der Waals surface area contributed by atoms with E-state index in [1.807, 2.05) is 43.3 Å². The second-order valence-electron chi connectivity index (χ2n) is 8.06. The Bertz CT molecular complexity index is 859. The third-order valence-electron chi connectivity index (χ3n) is 5.53. The number of nitrogens with one attached hydrogen (secondary N) is 1. The average Bonchev–Trinajstić information content (AvgIpc) is 2.77. The highest BCUT2D eigenvalue weighted by Crippen LogP contribution is 2.14. The van der Waals surface area contributed by atoms with Gasteiger partial charge in [-0.2, -0.15) is 0 Å². The summed E-state index contributed by atoms with van der Waals surface area (Å²) in [5.41, 5.74) is 3.13. The number of carbonyl (C=O) groups is 2. The van der Waals surface area contributed by atoms with Crippen LogP contribution in [0.4, 0.5) is 5.69 Å². The van der Waals surface area contributed by atoms with Crippen LogP contribution in [-0.2, 0) is 16.1 Å². The van der Waals surface area contributed by atoms with E-state index in [9.17, 15) is 9.59 Å². The molecule has 1 N–H and O–H groups in total. The predicted molar refractivity (Wildman–Crippen MR) is 122 cm³/mol. The number of nitrogens with zero attached hydrogens (tertiary/aromatic N) is 3. The van der Waals surface area contributed by atoms with E-state index in [0.29, 0.717) is 6.54 Å². The number of methoxy groups -OCH3 is 1. The lowest BCUT2D eigenvalue weighted by Gasteiger charge is -2.35. The van der Waals surface area contributed by atoms with Crippen molar-refractivity contribution in [2.75, 3.05) is 58.7 Å². The summed E-state index contributed by atoms with van der Waals surface area (Å²) in [6, 6.07) is 15.7. The molecule has 0 atom stereocenters. The highest BCUT2D eigenvalue weighted by molar-refractivity contribution is 5.94. The van der Waals surface area contributed by atoms with Crippen LogP contribution in [0, 0.1) is 6.92 Å². The number of likely N-dealkylation sites (N-methyl/N-ethyl adjacent to an activating group) is 1. The van der Waals surface area contributed by atoms with Crippen LogP contribution in [0.1, 0.15) is 11.1 Å². The van der Waals surface area contributed by atoms with E-state index in [2.05, 4.69) is 27.2 Å².